The molecule has 1 saturated heterocycles. The van der Waals surface area contributed by atoms with Gasteiger partial charge < -0.3 is 20.9 Å². The van der Waals surface area contributed by atoms with Crippen molar-refractivity contribution in [3.8, 4) is 0 Å². The van der Waals surface area contributed by atoms with Gasteiger partial charge in [-0.3, -0.25) is 9.59 Å². The number of hydrogen-bond donors (Lipinski definition) is 3. The number of likely N-dealkylation sites (tertiary alicyclic amines) is 1. The third-order valence-corrected chi connectivity index (χ3v) is 5.35. The van der Waals surface area contributed by atoms with Crippen molar-refractivity contribution < 1.29 is 18.8 Å². The summed E-state index contributed by atoms with van der Waals surface area (Å²) >= 11 is 0. The van der Waals surface area contributed by atoms with Crippen LogP contribution >= 0.6 is 0 Å². The normalized spacial score (nSPS) is 15.1. The zero-order valence-corrected chi connectivity index (χ0v) is 17.4. The van der Waals surface area contributed by atoms with Crippen LogP contribution in [-0.2, 0) is 11.2 Å². The minimum atomic E-state index is -0.781. The molecule has 31 heavy (non-hydrogen) atoms. The van der Waals surface area contributed by atoms with Crippen LogP contribution in [0.1, 0.15) is 28.8 Å². The van der Waals surface area contributed by atoms with Crippen molar-refractivity contribution in [1.82, 2.24) is 20.9 Å². The Morgan fingerprint density at radius 1 is 1.03 bits per heavy atom. The highest BCUT2D eigenvalue weighted by atomic mass is 19.1. The zero-order chi connectivity index (χ0) is 22.2. The molecule has 0 spiro atoms. The molecule has 3 rings (SSSR count). The molecule has 1 heterocycles. The lowest BCUT2D eigenvalue weighted by molar-refractivity contribution is -0.123. The predicted molar refractivity (Wildman–Crippen MR) is 115 cm³/mol. The molecule has 164 valence electrons. The van der Waals surface area contributed by atoms with Crippen LogP contribution in [0, 0.1) is 5.82 Å². The lowest BCUT2D eigenvalue weighted by atomic mass is 10.0. The fourth-order valence-electron chi connectivity index (χ4n) is 3.59. The number of benzene rings is 2. The van der Waals surface area contributed by atoms with E-state index in [-0.39, 0.29) is 23.5 Å². The molecule has 1 atom stereocenters. The molecule has 0 radical (unpaired) electrons. The van der Waals surface area contributed by atoms with Crippen molar-refractivity contribution >= 4 is 17.8 Å². The molecule has 0 aromatic heterocycles. The Kier molecular flexibility index (Phi) is 7.59. The van der Waals surface area contributed by atoms with Crippen LogP contribution in [0.3, 0.4) is 0 Å². The number of rotatable bonds is 6. The number of halogens is 1. The summed E-state index contributed by atoms with van der Waals surface area (Å²) in [5.74, 6) is -1.15. The first-order chi connectivity index (χ1) is 15.0. The van der Waals surface area contributed by atoms with Crippen molar-refractivity contribution in [2.24, 2.45) is 0 Å². The van der Waals surface area contributed by atoms with Crippen molar-refractivity contribution in [3.05, 3.63) is 71.5 Å². The Bertz CT molecular complexity index is 897. The van der Waals surface area contributed by atoms with Gasteiger partial charge >= 0.3 is 6.03 Å². The Balaban J connectivity index is 1.65. The second kappa shape index (κ2) is 10.6. The number of carbonyl (C=O) groups excluding carboxylic acids is 3. The lowest BCUT2D eigenvalue weighted by Gasteiger charge is -2.33. The van der Waals surface area contributed by atoms with Crippen molar-refractivity contribution in [3.63, 3.8) is 0 Å². The number of nitrogens with one attached hydrogen (secondary N) is 3. The fourth-order valence-corrected chi connectivity index (χ4v) is 3.59. The highest BCUT2D eigenvalue weighted by molar-refractivity contribution is 5.97. The molecule has 2 aromatic carbocycles. The Morgan fingerprint density at radius 3 is 2.29 bits per heavy atom. The summed E-state index contributed by atoms with van der Waals surface area (Å²) in [6.45, 7) is 1.10. The monoisotopic (exact) mass is 426 g/mol. The first-order valence-electron chi connectivity index (χ1n) is 10.3. The van der Waals surface area contributed by atoms with E-state index in [0.717, 1.165) is 5.56 Å². The van der Waals surface area contributed by atoms with Gasteiger partial charge in [-0.25, -0.2) is 9.18 Å². The molecule has 4 amide bonds. The minimum Gasteiger partial charge on any atom is -0.351 e. The van der Waals surface area contributed by atoms with Gasteiger partial charge in [-0.2, -0.15) is 0 Å². The molecule has 2 aromatic rings. The molecular formula is C23H27FN4O3. The van der Waals surface area contributed by atoms with Crippen LogP contribution in [0.15, 0.2) is 54.6 Å². The summed E-state index contributed by atoms with van der Waals surface area (Å²) in [4.78, 5) is 39.1. The van der Waals surface area contributed by atoms with Gasteiger partial charge in [0.25, 0.3) is 5.91 Å². The third kappa shape index (κ3) is 6.28. The van der Waals surface area contributed by atoms with E-state index in [1.54, 1.807) is 11.9 Å². The summed E-state index contributed by atoms with van der Waals surface area (Å²) in [6, 6.07) is 13.6. The molecule has 1 fully saturated rings. The van der Waals surface area contributed by atoms with E-state index >= 15 is 0 Å². The van der Waals surface area contributed by atoms with Crippen molar-refractivity contribution in [2.75, 3.05) is 20.1 Å². The molecule has 0 bridgehead atoms. The van der Waals surface area contributed by atoms with E-state index in [9.17, 15) is 18.8 Å². The first-order valence-corrected chi connectivity index (χ1v) is 10.3. The standard InChI is InChI=1S/C23H27FN4O3/c1-25-23(31)28-13-11-19(12-14-28)26-22(30)20(15-16-5-3-2-4-6-16)27-21(29)17-7-9-18(24)10-8-17/h2-10,19-20H,11-15H2,1H3,(H,25,31)(H,26,30)(H,27,29)/t20-/m0/s1. The first kappa shape index (κ1) is 22.3. The van der Waals surface area contributed by atoms with Crippen LogP contribution in [0.25, 0.3) is 0 Å². The second-order valence-corrected chi connectivity index (χ2v) is 7.55. The van der Waals surface area contributed by atoms with Gasteiger partial charge in [0, 0.05) is 38.2 Å². The number of hydrogen-bond acceptors (Lipinski definition) is 3. The zero-order valence-electron chi connectivity index (χ0n) is 17.4. The maximum atomic E-state index is 13.2. The average molecular weight is 426 g/mol. The lowest BCUT2D eigenvalue weighted by Crippen LogP contribution is -2.54. The van der Waals surface area contributed by atoms with E-state index < -0.39 is 17.8 Å². The van der Waals surface area contributed by atoms with E-state index in [0.29, 0.717) is 32.4 Å². The number of piperidine rings is 1. The maximum Gasteiger partial charge on any atom is 0.317 e. The molecule has 0 unspecified atom stereocenters. The molecule has 1 aliphatic heterocycles. The molecule has 7 nitrogen and oxygen atoms in total. The van der Waals surface area contributed by atoms with E-state index in [2.05, 4.69) is 16.0 Å². The number of amides is 4. The van der Waals surface area contributed by atoms with Crippen LogP contribution in [0.5, 0.6) is 0 Å². The molecule has 8 heteroatoms. The minimum absolute atomic E-state index is 0.0746. The van der Waals surface area contributed by atoms with Crippen LogP contribution in [0.2, 0.25) is 0 Å². The predicted octanol–water partition coefficient (Wildman–Crippen LogP) is 2.09. The summed E-state index contributed by atoms with van der Waals surface area (Å²) in [7, 11) is 1.59. The Morgan fingerprint density at radius 2 is 1.68 bits per heavy atom. The third-order valence-electron chi connectivity index (χ3n) is 5.35. The smallest absolute Gasteiger partial charge is 0.317 e. The van der Waals surface area contributed by atoms with Gasteiger partial charge in [0.2, 0.25) is 5.91 Å². The summed E-state index contributed by atoms with van der Waals surface area (Å²) in [6.07, 6.45) is 1.61. The highest BCUT2D eigenvalue weighted by Crippen LogP contribution is 2.12. The summed E-state index contributed by atoms with van der Waals surface area (Å²) in [5, 5.41) is 8.39. The molecule has 3 N–H and O–H groups in total. The molecule has 1 aliphatic rings. The number of carbonyl (C=O) groups is 3. The molecule has 0 aliphatic carbocycles. The average Bonchev–Trinajstić information content (AvgIpc) is 2.79. The van der Waals surface area contributed by atoms with Gasteiger partial charge in [-0.1, -0.05) is 30.3 Å². The Labute approximate surface area is 181 Å². The molecule has 0 saturated carbocycles. The van der Waals surface area contributed by atoms with Crippen LogP contribution in [-0.4, -0.2) is 55.0 Å². The largest absolute Gasteiger partial charge is 0.351 e. The SMILES string of the molecule is CNC(=O)N1CCC(NC(=O)[C@H](Cc2ccccc2)NC(=O)c2ccc(F)cc2)CC1. The van der Waals surface area contributed by atoms with Gasteiger partial charge in [0.05, 0.1) is 0 Å². The van der Waals surface area contributed by atoms with Crippen LogP contribution < -0.4 is 16.0 Å². The highest BCUT2D eigenvalue weighted by Gasteiger charge is 2.27. The Hall–Kier alpha value is -3.42. The number of nitrogens with zero attached hydrogens (tertiary/aromatic N) is 1. The fraction of sp³-hybridized carbons (Fsp3) is 0.348. The quantitative estimate of drug-likeness (QED) is 0.661. The van der Waals surface area contributed by atoms with E-state index in [4.69, 9.17) is 0 Å². The van der Waals surface area contributed by atoms with Crippen molar-refractivity contribution in [2.45, 2.75) is 31.3 Å². The maximum absolute atomic E-state index is 13.2. The van der Waals surface area contributed by atoms with E-state index in [1.165, 1.54) is 24.3 Å². The summed E-state index contributed by atoms with van der Waals surface area (Å²) < 4.78 is 13.2. The van der Waals surface area contributed by atoms with Gasteiger partial charge in [-0.05, 0) is 42.7 Å². The van der Waals surface area contributed by atoms with Crippen LogP contribution in [0.4, 0.5) is 9.18 Å². The van der Waals surface area contributed by atoms with Gasteiger partial charge in [-0.15, -0.1) is 0 Å². The summed E-state index contributed by atoms with van der Waals surface area (Å²) in [5.41, 5.74) is 1.20. The van der Waals surface area contributed by atoms with Gasteiger partial charge in [0.1, 0.15) is 11.9 Å². The van der Waals surface area contributed by atoms with Crippen molar-refractivity contribution in [1.29, 1.82) is 0 Å². The van der Waals surface area contributed by atoms with E-state index in [1.807, 2.05) is 30.3 Å². The van der Waals surface area contributed by atoms with Gasteiger partial charge in [0.15, 0.2) is 0 Å². The second-order valence-electron chi connectivity index (χ2n) is 7.55. The topological polar surface area (TPSA) is 90.5 Å². The number of urea groups is 1. The molecular weight excluding hydrogens is 399 g/mol.